The summed E-state index contributed by atoms with van der Waals surface area (Å²) in [6.45, 7) is 4.33. The molecule has 0 aliphatic carbocycles. The topological polar surface area (TPSA) is 177 Å². The maximum atomic E-state index is 13.4. The Bertz CT molecular complexity index is 2370. The first-order valence-electron chi connectivity index (χ1n) is 19.2. The molecule has 5 aromatic carbocycles. The monoisotopic (exact) mass is 871 g/mol. The Labute approximate surface area is 358 Å². The van der Waals surface area contributed by atoms with E-state index in [9.17, 15) is 28.1 Å². The average Bonchev–Trinajstić information content (AvgIpc) is 3.25. The molecule has 1 atom stereocenters. The molecular formula is C43H46ClN7O7S2. The number of carbonyl (C=O) groups is 2. The van der Waals surface area contributed by atoms with Crippen molar-refractivity contribution in [2.45, 2.75) is 28.8 Å². The van der Waals surface area contributed by atoms with Crippen LogP contribution in [0, 0.1) is 10.1 Å². The summed E-state index contributed by atoms with van der Waals surface area (Å²) in [4.78, 5) is 43.3. The van der Waals surface area contributed by atoms with Crippen molar-refractivity contribution in [3.63, 3.8) is 0 Å². The average molecular weight is 872 g/mol. The van der Waals surface area contributed by atoms with Gasteiger partial charge in [-0.2, -0.15) is 0 Å². The van der Waals surface area contributed by atoms with E-state index in [1.165, 1.54) is 35.0 Å². The Balaban J connectivity index is 1.06. The van der Waals surface area contributed by atoms with Gasteiger partial charge in [0, 0.05) is 78.3 Å². The molecule has 0 bridgehead atoms. The van der Waals surface area contributed by atoms with Gasteiger partial charge in [0.1, 0.15) is 5.69 Å². The number of halogens is 1. The number of amides is 2. The molecule has 0 radical (unpaired) electrons. The summed E-state index contributed by atoms with van der Waals surface area (Å²) in [7, 11) is -2.79. The molecule has 14 nitrogen and oxygen atoms in total. The number of nitrogens with zero attached hydrogens (tertiary/aromatic N) is 4. The number of benzene rings is 5. The highest BCUT2D eigenvalue weighted by atomic mass is 35.5. The lowest BCUT2D eigenvalue weighted by Crippen LogP contribution is -2.46. The molecule has 0 aromatic heterocycles. The molecule has 17 heteroatoms. The quantitative estimate of drug-likeness (QED) is 0.0316. The van der Waals surface area contributed by atoms with E-state index in [4.69, 9.17) is 16.8 Å². The van der Waals surface area contributed by atoms with Crippen molar-refractivity contribution < 1.29 is 28.1 Å². The predicted octanol–water partition coefficient (Wildman–Crippen LogP) is 6.76. The van der Waals surface area contributed by atoms with Crippen LogP contribution in [0.2, 0.25) is 5.02 Å². The van der Waals surface area contributed by atoms with Gasteiger partial charge in [-0.1, -0.05) is 66.2 Å². The molecule has 1 fully saturated rings. The van der Waals surface area contributed by atoms with Crippen LogP contribution in [0.5, 0.6) is 0 Å². The first-order valence-corrected chi connectivity index (χ1v) is 22.1. The molecule has 2 amide bonds. The van der Waals surface area contributed by atoms with E-state index in [-0.39, 0.29) is 23.8 Å². The molecule has 1 aliphatic heterocycles. The van der Waals surface area contributed by atoms with Gasteiger partial charge in [0.15, 0.2) is 0 Å². The number of nitro benzene ring substituents is 1. The highest BCUT2D eigenvalue weighted by Crippen LogP contribution is 2.31. The third kappa shape index (κ3) is 12.1. The van der Waals surface area contributed by atoms with Gasteiger partial charge in [-0.25, -0.2) is 18.6 Å². The number of hydrogen-bond acceptors (Lipinski definition) is 12. The smallest absolute Gasteiger partial charge is 0.293 e. The van der Waals surface area contributed by atoms with Gasteiger partial charge in [-0.3, -0.25) is 34.7 Å². The van der Waals surface area contributed by atoms with E-state index < -0.39 is 37.3 Å². The van der Waals surface area contributed by atoms with Crippen LogP contribution in [0.3, 0.4) is 0 Å². The van der Waals surface area contributed by atoms with Crippen LogP contribution < -0.4 is 20.4 Å². The van der Waals surface area contributed by atoms with Crippen LogP contribution in [0.25, 0.3) is 11.1 Å². The molecule has 0 saturated carbocycles. The van der Waals surface area contributed by atoms with E-state index in [2.05, 4.69) is 32.0 Å². The number of likely N-dealkylation sites (N-methyl/N-ethyl adjacent to an activating group) is 1. The van der Waals surface area contributed by atoms with Crippen LogP contribution in [0.15, 0.2) is 131 Å². The van der Waals surface area contributed by atoms with Crippen molar-refractivity contribution in [3.05, 3.63) is 148 Å². The SMILES string of the molecule is CN(CCC(CSc1ccccc1)Nc1ccc(S(=O)(=O)NC(=O)c2ccc(N3CCN(Cc4ccccc4-c4ccc(Cl)cc4)CC3)cc2)cc1[N+](=O)[O-])CC(=O)NO. The Morgan fingerprint density at radius 1 is 0.917 bits per heavy atom. The summed E-state index contributed by atoms with van der Waals surface area (Å²) in [5.74, 6) is -0.952. The zero-order valence-corrected chi connectivity index (χ0v) is 35.3. The second-order valence-corrected chi connectivity index (χ2v) is 17.6. The molecule has 5 aromatic rings. The number of nitro groups is 1. The fourth-order valence-corrected chi connectivity index (χ4v) is 8.97. The Hall–Kier alpha value is -5.49. The molecule has 1 aliphatic rings. The molecular weight excluding hydrogens is 826 g/mol. The zero-order chi connectivity index (χ0) is 42.6. The molecule has 60 heavy (non-hydrogen) atoms. The van der Waals surface area contributed by atoms with Crippen molar-refractivity contribution in [2.75, 3.05) is 62.3 Å². The minimum absolute atomic E-state index is 0.0570. The van der Waals surface area contributed by atoms with Crippen LogP contribution in [-0.2, 0) is 21.4 Å². The molecule has 1 heterocycles. The fraction of sp³-hybridized carbons (Fsp3) is 0.256. The lowest BCUT2D eigenvalue weighted by molar-refractivity contribution is -0.384. The highest BCUT2D eigenvalue weighted by Gasteiger charge is 2.26. The number of sulfonamides is 1. The summed E-state index contributed by atoms with van der Waals surface area (Å²) in [5.41, 5.74) is 5.74. The Morgan fingerprint density at radius 3 is 2.28 bits per heavy atom. The van der Waals surface area contributed by atoms with Crippen molar-refractivity contribution in [1.29, 1.82) is 0 Å². The van der Waals surface area contributed by atoms with Crippen molar-refractivity contribution >= 4 is 62.3 Å². The lowest BCUT2D eigenvalue weighted by atomic mass is 9.99. The molecule has 314 valence electrons. The number of anilines is 2. The predicted molar refractivity (Wildman–Crippen MR) is 235 cm³/mol. The third-order valence-corrected chi connectivity index (χ3v) is 12.8. The van der Waals surface area contributed by atoms with Gasteiger partial charge in [-0.15, -0.1) is 11.8 Å². The largest absolute Gasteiger partial charge is 0.376 e. The van der Waals surface area contributed by atoms with Crippen LogP contribution in [0.1, 0.15) is 22.3 Å². The zero-order valence-electron chi connectivity index (χ0n) is 32.9. The summed E-state index contributed by atoms with van der Waals surface area (Å²) in [6.07, 6.45) is 0.457. The van der Waals surface area contributed by atoms with E-state index in [1.54, 1.807) is 41.7 Å². The Morgan fingerprint density at radius 2 is 1.60 bits per heavy atom. The minimum Gasteiger partial charge on any atom is -0.376 e. The molecule has 4 N–H and O–H groups in total. The second-order valence-electron chi connectivity index (χ2n) is 14.4. The van der Waals surface area contributed by atoms with E-state index in [0.29, 0.717) is 23.7 Å². The second kappa shape index (κ2) is 20.7. The van der Waals surface area contributed by atoms with Crippen LogP contribution in [-0.4, -0.2) is 98.3 Å². The summed E-state index contributed by atoms with van der Waals surface area (Å²) >= 11 is 7.65. The van der Waals surface area contributed by atoms with Gasteiger partial charge in [0.05, 0.1) is 16.4 Å². The molecule has 1 unspecified atom stereocenters. The van der Waals surface area contributed by atoms with Crippen molar-refractivity contribution in [2.24, 2.45) is 0 Å². The molecule has 1 saturated heterocycles. The van der Waals surface area contributed by atoms with Crippen LogP contribution >= 0.6 is 23.4 Å². The number of piperazine rings is 1. The third-order valence-electron chi connectivity index (χ3n) is 10.1. The maximum Gasteiger partial charge on any atom is 0.293 e. The Kier molecular flexibility index (Phi) is 15.2. The van der Waals surface area contributed by atoms with Crippen LogP contribution in [0.4, 0.5) is 17.1 Å². The van der Waals surface area contributed by atoms with Gasteiger partial charge >= 0.3 is 0 Å². The maximum absolute atomic E-state index is 13.4. The van der Waals surface area contributed by atoms with Gasteiger partial charge < -0.3 is 10.2 Å². The lowest BCUT2D eigenvalue weighted by Gasteiger charge is -2.36. The van der Waals surface area contributed by atoms with E-state index >= 15 is 0 Å². The number of hydroxylamine groups is 1. The fourth-order valence-electron chi connectivity index (χ4n) is 6.86. The molecule has 0 spiro atoms. The number of carbonyl (C=O) groups excluding carboxylic acids is 2. The number of nitrogens with one attached hydrogen (secondary N) is 3. The van der Waals surface area contributed by atoms with Crippen molar-refractivity contribution in [3.8, 4) is 11.1 Å². The van der Waals surface area contributed by atoms with E-state index in [1.807, 2.05) is 66.7 Å². The van der Waals surface area contributed by atoms with E-state index in [0.717, 1.165) is 54.9 Å². The molecule has 6 rings (SSSR count). The van der Waals surface area contributed by atoms with Gasteiger partial charge in [-0.05, 0) is 90.8 Å². The first-order chi connectivity index (χ1) is 28.9. The summed E-state index contributed by atoms with van der Waals surface area (Å²) in [6, 6.07) is 35.6. The standard InChI is InChI=1S/C43H46ClN7O7S2/c1-48(29-42(52)46-54)22-21-35(30-59-37-8-3-2-4-9-37)45-40-20-19-38(27-41(40)51(55)56)60(57,58)47-43(53)32-13-17-36(18-14-32)50-25-23-49(24-26-50)28-33-7-5-6-10-39(33)31-11-15-34(44)16-12-31/h2-20,27,35,45,54H,21-26,28-30H2,1H3,(H,46,52)(H,47,53). The summed E-state index contributed by atoms with van der Waals surface area (Å²) in [5, 5.41) is 25.0. The van der Waals surface area contributed by atoms with Gasteiger partial charge in [0.2, 0.25) is 0 Å². The minimum atomic E-state index is -4.50. The first kappa shape index (κ1) is 44.1. The van der Waals surface area contributed by atoms with Crippen molar-refractivity contribution in [1.82, 2.24) is 20.0 Å². The number of rotatable bonds is 18. The van der Waals surface area contributed by atoms with Gasteiger partial charge in [0.25, 0.3) is 27.5 Å². The number of hydrogen-bond donors (Lipinski definition) is 4. The number of thioether (sulfide) groups is 1. The summed E-state index contributed by atoms with van der Waals surface area (Å²) < 4.78 is 28.9. The normalized spacial score (nSPS) is 13.8. The highest BCUT2D eigenvalue weighted by molar-refractivity contribution is 7.99.